The van der Waals surface area contributed by atoms with E-state index in [1.807, 2.05) is 20.0 Å². The fourth-order valence-electron chi connectivity index (χ4n) is 1.89. The summed E-state index contributed by atoms with van der Waals surface area (Å²) >= 11 is 0. The molecule has 7 heteroatoms. The van der Waals surface area contributed by atoms with E-state index in [1.54, 1.807) is 10.9 Å². The zero-order valence-corrected chi connectivity index (χ0v) is 10.8. The van der Waals surface area contributed by atoms with E-state index in [4.69, 9.17) is 5.11 Å². The molecule has 0 aromatic carbocycles. The Bertz CT molecular complexity index is 582. The Morgan fingerprint density at radius 3 is 2.89 bits per heavy atom. The van der Waals surface area contributed by atoms with Crippen molar-refractivity contribution in [2.45, 2.75) is 19.4 Å². The monoisotopic (exact) mass is 270 g/mol. The number of nitrogens with zero attached hydrogens (tertiary/aromatic N) is 3. The molecule has 0 aliphatic rings. The van der Waals surface area contributed by atoms with E-state index in [0.29, 0.717) is 0 Å². The van der Waals surface area contributed by atoms with E-state index >= 15 is 0 Å². The van der Waals surface area contributed by atoms with Gasteiger partial charge in [-0.3, -0.25) is 4.68 Å². The van der Waals surface area contributed by atoms with Gasteiger partial charge in [-0.05, 0) is 18.6 Å². The van der Waals surface area contributed by atoms with Crippen LogP contribution in [0, 0.1) is 6.92 Å². The molecule has 5 nitrogen and oxygen atoms in total. The first-order valence-electron chi connectivity index (χ1n) is 5.90. The van der Waals surface area contributed by atoms with Crippen molar-refractivity contribution in [1.82, 2.24) is 20.1 Å². The lowest BCUT2D eigenvalue weighted by Gasteiger charge is -2.13. The summed E-state index contributed by atoms with van der Waals surface area (Å²) in [6.45, 7) is 0.431. The number of aryl methyl sites for hydroxylation is 2. The van der Waals surface area contributed by atoms with E-state index in [9.17, 15) is 8.78 Å². The number of pyridine rings is 1. The standard InChI is InChI=1S/C12H16F2N4O/c1-8-10-3-9(4-15-6-12(13,14)7-19)5-16-11(10)18(2)17-8/h3,5,15,19H,4,6-7H2,1-2H3. The van der Waals surface area contributed by atoms with Gasteiger partial charge in [-0.25, -0.2) is 13.8 Å². The summed E-state index contributed by atoms with van der Waals surface area (Å²) in [6, 6.07) is 1.88. The molecule has 0 spiro atoms. The van der Waals surface area contributed by atoms with Crippen molar-refractivity contribution in [2.24, 2.45) is 7.05 Å². The van der Waals surface area contributed by atoms with Gasteiger partial charge in [0.1, 0.15) is 6.61 Å². The Morgan fingerprint density at radius 1 is 1.47 bits per heavy atom. The second kappa shape index (κ2) is 5.18. The van der Waals surface area contributed by atoms with Crippen LogP contribution in [0.2, 0.25) is 0 Å². The van der Waals surface area contributed by atoms with E-state index in [2.05, 4.69) is 15.4 Å². The topological polar surface area (TPSA) is 63.0 Å². The maximum Gasteiger partial charge on any atom is 0.282 e. The molecule has 0 saturated heterocycles. The SMILES string of the molecule is Cc1nn(C)c2ncc(CNCC(F)(F)CO)cc12. The molecule has 0 atom stereocenters. The Hall–Kier alpha value is -1.60. The second-order valence-electron chi connectivity index (χ2n) is 4.54. The average Bonchev–Trinajstić information content (AvgIpc) is 2.65. The minimum Gasteiger partial charge on any atom is -0.390 e. The largest absolute Gasteiger partial charge is 0.390 e. The van der Waals surface area contributed by atoms with E-state index in [0.717, 1.165) is 22.3 Å². The van der Waals surface area contributed by atoms with Gasteiger partial charge in [0.15, 0.2) is 5.65 Å². The molecule has 0 aliphatic carbocycles. The van der Waals surface area contributed by atoms with Gasteiger partial charge < -0.3 is 10.4 Å². The fourth-order valence-corrected chi connectivity index (χ4v) is 1.89. The highest BCUT2D eigenvalue weighted by Crippen LogP contribution is 2.16. The molecule has 0 saturated carbocycles. The smallest absolute Gasteiger partial charge is 0.282 e. The number of fused-ring (bicyclic) bond motifs is 1. The van der Waals surface area contributed by atoms with E-state index < -0.39 is 19.1 Å². The zero-order valence-electron chi connectivity index (χ0n) is 10.8. The molecule has 0 unspecified atom stereocenters. The Kier molecular flexibility index (Phi) is 3.77. The number of hydrogen-bond donors (Lipinski definition) is 2. The number of aromatic nitrogens is 3. The molecule has 0 aliphatic heterocycles. The zero-order chi connectivity index (χ0) is 14.0. The van der Waals surface area contributed by atoms with Gasteiger partial charge in [0.25, 0.3) is 5.92 Å². The molecule has 0 radical (unpaired) electrons. The molecular weight excluding hydrogens is 254 g/mol. The molecule has 2 heterocycles. The minimum absolute atomic E-state index is 0.271. The summed E-state index contributed by atoms with van der Waals surface area (Å²) in [5.74, 6) is -3.10. The molecule has 2 N–H and O–H groups in total. The number of aliphatic hydroxyl groups is 1. The maximum absolute atomic E-state index is 12.8. The summed E-state index contributed by atoms with van der Waals surface area (Å²) in [6.07, 6.45) is 1.63. The van der Waals surface area contributed by atoms with Crippen LogP contribution in [-0.4, -0.2) is 38.9 Å². The number of halogens is 2. The van der Waals surface area contributed by atoms with Crippen LogP contribution in [0.3, 0.4) is 0 Å². The van der Waals surface area contributed by atoms with Crippen LogP contribution in [0.5, 0.6) is 0 Å². The maximum atomic E-state index is 12.8. The summed E-state index contributed by atoms with van der Waals surface area (Å²) in [7, 11) is 1.81. The highest BCUT2D eigenvalue weighted by Gasteiger charge is 2.26. The molecule has 2 rings (SSSR count). The van der Waals surface area contributed by atoms with Crippen LogP contribution in [0.1, 0.15) is 11.3 Å². The van der Waals surface area contributed by atoms with Gasteiger partial charge in [0.2, 0.25) is 0 Å². The lowest BCUT2D eigenvalue weighted by atomic mass is 10.2. The van der Waals surface area contributed by atoms with Crippen molar-refractivity contribution in [1.29, 1.82) is 0 Å². The lowest BCUT2D eigenvalue weighted by molar-refractivity contribution is -0.0477. The number of rotatable bonds is 5. The third kappa shape index (κ3) is 3.05. The van der Waals surface area contributed by atoms with Gasteiger partial charge in [-0.1, -0.05) is 0 Å². The summed E-state index contributed by atoms with van der Waals surface area (Å²) < 4.78 is 27.4. The Balaban J connectivity index is 2.08. The molecule has 0 fully saturated rings. The van der Waals surface area contributed by atoms with Crippen LogP contribution in [-0.2, 0) is 13.6 Å². The van der Waals surface area contributed by atoms with Crippen LogP contribution in [0.25, 0.3) is 11.0 Å². The highest BCUT2D eigenvalue weighted by atomic mass is 19.3. The van der Waals surface area contributed by atoms with E-state index in [1.165, 1.54) is 0 Å². The number of nitrogens with one attached hydrogen (secondary N) is 1. The average molecular weight is 270 g/mol. The fraction of sp³-hybridized carbons (Fsp3) is 0.500. The Labute approximate surface area is 109 Å². The van der Waals surface area contributed by atoms with Gasteiger partial charge in [-0.15, -0.1) is 0 Å². The summed E-state index contributed by atoms with van der Waals surface area (Å²) in [5, 5.41) is 16.2. The first-order chi connectivity index (χ1) is 8.93. The van der Waals surface area contributed by atoms with Crippen LogP contribution < -0.4 is 5.32 Å². The van der Waals surface area contributed by atoms with Crippen molar-refractivity contribution >= 4 is 11.0 Å². The van der Waals surface area contributed by atoms with Gasteiger partial charge in [0.05, 0.1) is 12.2 Å². The molecular formula is C12H16F2N4O. The highest BCUT2D eigenvalue weighted by molar-refractivity contribution is 5.78. The Morgan fingerprint density at radius 2 is 2.21 bits per heavy atom. The minimum atomic E-state index is -3.10. The van der Waals surface area contributed by atoms with Crippen molar-refractivity contribution in [3.05, 3.63) is 23.5 Å². The quantitative estimate of drug-likeness (QED) is 0.850. The molecule has 0 bridgehead atoms. The predicted octanol–water partition coefficient (Wildman–Crippen LogP) is 0.994. The van der Waals surface area contributed by atoms with Crippen LogP contribution in [0.4, 0.5) is 8.78 Å². The third-order valence-electron chi connectivity index (χ3n) is 2.86. The van der Waals surface area contributed by atoms with Gasteiger partial charge >= 0.3 is 0 Å². The van der Waals surface area contributed by atoms with Gasteiger partial charge in [0, 0.05) is 25.2 Å². The van der Waals surface area contributed by atoms with Crippen molar-refractivity contribution in [3.8, 4) is 0 Å². The summed E-state index contributed by atoms with van der Waals surface area (Å²) in [4.78, 5) is 4.26. The lowest BCUT2D eigenvalue weighted by Crippen LogP contribution is -2.35. The first-order valence-corrected chi connectivity index (χ1v) is 5.90. The summed E-state index contributed by atoms with van der Waals surface area (Å²) in [5.41, 5.74) is 2.42. The first kappa shape index (κ1) is 13.8. The van der Waals surface area contributed by atoms with Crippen molar-refractivity contribution < 1.29 is 13.9 Å². The normalized spacial score (nSPS) is 12.3. The number of alkyl halides is 2. The van der Waals surface area contributed by atoms with Crippen LogP contribution in [0.15, 0.2) is 12.3 Å². The van der Waals surface area contributed by atoms with Crippen molar-refractivity contribution in [2.75, 3.05) is 13.2 Å². The molecule has 2 aromatic rings. The number of hydrogen-bond acceptors (Lipinski definition) is 4. The van der Waals surface area contributed by atoms with Gasteiger partial charge in [-0.2, -0.15) is 5.10 Å². The molecule has 104 valence electrons. The molecule has 0 amide bonds. The number of aliphatic hydroxyl groups excluding tert-OH is 1. The second-order valence-corrected chi connectivity index (χ2v) is 4.54. The molecule has 2 aromatic heterocycles. The van der Waals surface area contributed by atoms with E-state index in [-0.39, 0.29) is 6.54 Å². The third-order valence-corrected chi connectivity index (χ3v) is 2.86. The van der Waals surface area contributed by atoms with Crippen molar-refractivity contribution in [3.63, 3.8) is 0 Å². The van der Waals surface area contributed by atoms with Crippen LogP contribution >= 0.6 is 0 Å². The molecule has 19 heavy (non-hydrogen) atoms. The predicted molar refractivity (Wildman–Crippen MR) is 67.0 cm³/mol.